The van der Waals surface area contributed by atoms with Gasteiger partial charge in [-0.05, 0) is 37.9 Å². The van der Waals surface area contributed by atoms with Crippen LogP contribution in [0.3, 0.4) is 0 Å². The Balaban J connectivity index is 2.26. The Kier molecular flexibility index (Phi) is 1.69. The summed E-state index contributed by atoms with van der Waals surface area (Å²) in [4.78, 5) is 4.46. The van der Waals surface area contributed by atoms with E-state index < -0.39 is 12.4 Å². The number of nitrogens with zero attached hydrogens (tertiary/aromatic N) is 1. The molecule has 102 valence electrons. The highest BCUT2D eigenvalue weighted by Crippen LogP contribution is 2.28. The minimum atomic E-state index is -2.25. The number of aliphatic imine (C=N–C) groups is 1. The zero-order valence-corrected chi connectivity index (χ0v) is 11.4. The van der Waals surface area contributed by atoms with Crippen molar-refractivity contribution >= 4 is 5.90 Å². The SMILES string of the molecule is [2H]c1c([2H])c([2H])c(-c2ccc(C([2H])([2H])[2H])cc2)c(C2=NC(C)(C)CO2)c1[2H]. The van der Waals surface area contributed by atoms with Crippen molar-refractivity contribution < 1.29 is 14.3 Å². The maximum absolute atomic E-state index is 8.34. The molecule has 1 heterocycles. The molecule has 1 aliphatic heterocycles. The topological polar surface area (TPSA) is 21.6 Å². The molecular formula is C18H19NO. The molecule has 2 heteroatoms. The highest BCUT2D eigenvalue weighted by molar-refractivity contribution is 6.01. The first-order valence-corrected chi connectivity index (χ1v) is 6.36. The van der Waals surface area contributed by atoms with Crippen molar-refractivity contribution in [2.45, 2.75) is 26.2 Å². The summed E-state index contributed by atoms with van der Waals surface area (Å²) < 4.78 is 60.7. The summed E-state index contributed by atoms with van der Waals surface area (Å²) >= 11 is 0. The number of hydrogen-bond acceptors (Lipinski definition) is 2. The molecule has 0 aromatic heterocycles. The predicted molar refractivity (Wildman–Crippen MR) is 83.2 cm³/mol. The molecule has 0 spiro atoms. The molecule has 2 aromatic rings. The first kappa shape index (κ1) is 7.07. The lowest BCUT2D eigenvalue weighted by Gasteiger charge is -2.09. The Labute approximate surface area is 130 Å². The number of ether oxygens (including phenoxy) is 1. The number of rotatable bonds is 2. The summed E-state index contributed by atoms with van der Waals surface area (Å²) in [5.74, 6) is 0.168. The lowest BCUT2D eigenvalue weighted by Crippen LogP contribution is -2.17. The normalized spacial score (nSPS) is 22.3. The van der Waals surface area contributed by atoms with Gasteiger partial charge in [0.05, 0.1) is 11.0 Å². The quantitative estimate of drug-likeness (QED) is 0.802. The van der Waals surface area contributed by atoms with E-state index in [4.69, 9.17) is 14.3 Å². The van der Waals surface area contributed by atoms with Gasteiger partial charge >= 0.3 is 0 Å². The molecule has 2 aromatic carbocycles. The van der Waals surface area contributed by atoms with Crippen LogP contribution >= 0.6 is 0 Å². The van der Waals surface area contributed by atoms with Gasteiger partial charge in [-0.1, -0.05) is 48.0 Å². The monoisotopic (exact) mass is 272 g/mol. The van der Waals surface area contributed by atoms with Crippen molar-refractivity contribution in [3.8, 4) is 11.1 Å². The molecular weight excluding hydrogens is 246 g/mol. The first-order valence-electron chi connectivity index (χ1n) is 9.86. The maximum atomic E-state index is 8.34. The zero-order chi connectivity index (χ0) is 20.1. The Hall–Kier alpha value is -2.09. The zero-order valence-electron chi connectivity index (χ0n) is 18.4. The minimum absolute atomic E-state index is 0.157. The van der Waals surface area contributed by atoms with Gasteiger partial charge in [-0.15, -0.1) is 0 Å². The molecule has 0 atom stereocenters. The highest BCUT2D eigenvalue weighted by Gasteiger charge is 2.28. The summed E-state index contributed by atoms with van der Waals surface area (Å²) in [6.07, 6.45) is 0. The molecule has 0 saturated carbocycles. The van der Waals surface area contributed by atoms with Gasteiger partial charge in [0.15, 0.2) is 0 Å². The van der Waals surface area contributed by atoms with E-state index in [0.717, 1.165) is 0 Å². The Bertz CT molecular complexity index is 930. The molecule has 0 N–H and O–H groups in total. The van der Waals surface area contributed by atoms with Crippen LogP contribution in [0.4, 0.5) is 0 Å². The molecule has 3 rings (SSSR count). The standard InChI is InChI=1S/C18H19NO/c1-13-8-10-14(11-9-13)15-6-4-5-7-16(15)17-19-18(2,3)12-20-17/h4-11H,12H2,1-3H3/i1D3,4D,5D,6D,7D. The average Bonchev–Trinajstić information content (AvgIpc) is 2.95. The van der Waals surface area contributed by atoms with E-state index in [1.165, 1.54) is 12.1 Å². The summed E-state index contributed by atoms with van der Waals surface area (Å²) in [6, 6.07) is 4.78. The van der Waals surface area contributed by atoms with Crippen molar-refractivity contribution in [2.75, 3.05) is 6.61 Å². The van der Waals surface area contributed by atoms with Crippen LogP contribution in [0.1, 0.15) is 34.6 Å². The second kappa shape index (κ2) is 4.78. The lowest BCUT2D eigenvalue weighted by molar-refractivity contribution is 0.279. The van der Waals surface area contributed by atoms with Gasteiger partial charge in [-0.2, -0.15) is 0 Å². The Morgan fingerprint density at radius 2 is 1.85 bits per heavy atom. The van der Waals surface area contributed by atoms with E-state index in [1.807, 2.05) is 13.8 Å². The van der Waals surface area contributed by atoms with Crippen molar-refractivity contribution in [3.63, 3.8) is 0 Å². The van der Waals surface area contributed by atoms with Gasteiger partial charge in [0.25, 0.3) is 0 Å². The second-order valence-electron chi connectivity index (χ2n) is 5.35. The van der Waals surface area contributed by atoms with E-state index in [0.29, 0.717) is 12.2 Å². The molecule has 1 aliphatic rings. The van der Waals surface area contributed by atoms with E-state index in [-0.39, 0.29) is 46.8 Å². The minimum Gasteiger partial charge on any atom is -0.475 e. The molecule has 0 amide bonds. The van der Waals surface area contributed by atoms with Crippen LogP contribution in [0.5, 0.6) is 0 Å². The van der Waals surface area contributed by atoms with Crippen LogP contribution in [-0.4, -0.2) is 18.0 Å². The summed E-state index contributed by atoms with van der Waals surface area (Å²) in [6.45, 7) is 1.80. The summed E-state index contributed by atoms with van der Waals surface area (Å²) in [5.41, 5.74) is 0.571. The van der Waals surface area contributed by atoms with Gasteiger partial charge < -0.3 is 4.74 Å². The molecule has 0 radical (unpaired) electrons. The van der Waals surface area contributed by atoms with Gasteiger partial charge in [0, 0.05) is 9.68 Å². The molecule has 0 saturated heterocycles. The largest absolute Gasteiger partial charge is 0.475 e. The predicted octanol–water partition coefficient (Wildman–Crippen LogP) is 4.22. The fraction of sp³-hybridized carbons (Fsp3) is 0.278. The molecule has 0 aliphatic carbocycles. The fourth-order valence-electron chi connectivity index (χ4n) is 2.04. The highest BCUT2D eigenvalue weighted by atomic mass is 16.5. The molecule has 2 nitrogen and oxygen atoms in total. The first-order chi connectivity index (χ1) is 12.4. The third kappa shape index (κ3) is 2.46. The van der Waals surface area contributed by atoms with Gasteiger partial charge in [0.2, 0.25) is 5.90 Å². The molecule has 0 fully saturated rings. The van der Waals surface area contributed by atoms with Crippen LogP contribution < -0.4 is 0 Å². The second-order valence-corrected chi connectivity index (χ2v) is 5.35. The van der Waals surface area contributed by atoms with Crippen LogP contribution in [0, 0.1) is 6.85 Å². The van der Waals surface area contributed by atoms with E-state index in [9.17, 15) is 0 Å². The smallest absolute Gasteiger partial charge is 0.217 e. The van der Waals surface area contributed by atoms with Crippen molar-refractivity contribution in [1.29, 1.82) is 0 Å². The molecule has 20 heavy (non-hydrogen) atoms. The third-order valence-corrected chi connectivity index (χ3v) is 3.04. The van der Waals surface area contributed by atoms with Crippen LogP contribution in [0.25, 0.3) is 11.1 Å². The average molecular weight is 272 g/mol. The Morgan fingerprint density at radius 1 is 1.15 bits per heavy atom. The summed E-state index contributed by atoms with van der Waals surface area (Å²) in [7, 11) is 0. The van der Waals surface area contributed by atoms with E-state index >= 15 is 0 Å². The summed E-state index contributed by atoms with van der Waals surface area (Å²) in [5, 5.41) is 0. The van der Waals surface area contributed by atoms with Crippen molar-refractivity contribution in [1.82, 2.24) is 0 Å². The van der Waals surface area contributed by atoms with Gasteiger partial charge in [-0.25, -0.2) is 4.99 Å². The lowest BCUT2D eigenvalue weighted by atomic mass is 9.98. The number of aryl methyl sites for hydroxylation is 1. The third-order valence-electron chi connectivity index (χ3n) is 3.04. The Morgan fingerprint density at radius 3 is 2.45 bits per heavy atom. The van der Waals surface area contributed by atoms with Crippen LogP contribution in [-0.2, 0) is 4.74 Å². The fourth-order valence-corrected chi connectivity index (χ4v) is 2.04. The van der Waals surface area contributed by atoms with Crippen LogP contribution in [0.15, 0.2) is 53.4 Å². The van der Waals surface area contributed by atoms with E-state index in [2.05, 4.69) is 4.99 Å². The van der Waals surface area contributed by atoms with Gasteiger partial charge in [-0.3, -0.25) is 0 Å². The van der Waals surface area contributed by atoms with E-state index in [1.54, 1.807) is 12.1 Å². The van der Waals surface area contributed by atoms with Crippen LogP contribution in [0.2, 0.25) is 0 Å². The van der Waals surface area contributed by atoms with Crippen molar-refractivity contribution in [2.24, 2.45) is 4.99 Å². The number of benzene rings is 2. The molecule has 0 bridgehead atoms. The number of hydrogen-bond donors (Lipinski definition) is 0. The molecule has 0 unspecified atom stereocenters. The maximum Gasteiger partial charge on any atom is 0.217 e. The van der Waals surface area contributed by atoms with Crippen molar-refractivity contribution in [3.05, 3.63) is 59.6 Å². The van der Waals surface area contributed by atoms with Gasteiger partial charge in [0.1, 0.15) is 6.61 Å².